The molecule has 6 nitrogen and oxygen atoms in total. The molecular weight excluding hydrogens is 344 g/mol. The van der Waals surface area contributed by atoms with Crippen molar-refractivity contribution in [2.24, 2.45) is 0 Å². The quantitative estimate of drug-likeness (QED) is 0.680. The highest BCUT2D eigenvalue weighted by Gasteiger charge is 2.19. The molecule has 0 spiro atoms. The molecule has 0 saturated heterocycles. The summed E-state index contributed by atoms with van der Waals surface area (Å²) >= 11 is 0. The number of nitrogens with one attached hydrogen (secondary N) is 1. The van der Waals surface area contributed by atoms with Crippen molar-refractivity contribution in [1.29, 1.82) is 0 Å². The van der Waals surface area contributed by atoms with Crippen molar-refractivity contribution in [3.63, 3.8) is 0 Å². The second-order valence-corrected chi connectivity index (χ2v) is 6.19. The third kappa shape index (κ3) is 3.51. The number of rotatable bonds is 6. The molecule has 0 aliphatic carbocycles. The average molecular weight is 366 g/mol. The van der Waals surface area contributed by atoms with E-state index in [4.69, 9.17) is 9.47 Å². The topological polar surface area (TPSA) is 69.6 Å². The van der Waals surface area contributed by atoms with Gasteiger partial charge in [-0.3, -0.25) is 9.59 Å². The number of amides is 1. The fourth-order valence-corrected chi connectivity index (χ4v) is 3.22. The molecule has 140 valence electrons. The Balaban J connectivity index is 2.12. The number of Topliss-reactive ketones (excluding diaryl/α,β-unsaturated/α-hetero) is 1. The lowest BCUT2D eigenvalue weighted by molar-refractivity contribution is -0.122. The summed E-state index contributed by atoms with van der Waals surface area (Å²) in [5, 5.41) is 3.31. The molecule has 27 heavy (non-hydrogen) atoms. The Morgan fingerprint density at radius 2 is 1.74 bits per heavy atom. The van der Waals surface area contributed by atoms with Crippen LogP contribution in [-0.2, 0) is 4.79 Å². The molecule has 3 aromatic rings. The Labute approximate surface area is 157 Å². The Bertz CT molecular complexity index is 1000. The van der Waals surface area contributed by atoms with Gasteiger partial charge in [-0.2, -0.15) is 0 Å². The van der Waals surface area contributed by atoms with Gasteiger partial charge in [0.2, 0.25) is 0 Å². The summed E-state index contributed by atoms with van der Waals surface area (Å²) in [7, 11) is 3.18. The number of hydrogen-bond acceptors (Lipinski definition) is 4. The maximum absolute atomic E-state index is 12.3. The lowest BCUT2D eigenvalue weighted by atomic mass is 10.1. The van der Waals surface area contributed by atoms with Gasteiger partial charge in [-0.05, 0) is 56.3 Å². The first-order valence-electron chi connectivity index (χ1n) is 8.60. The van der Waals surface area contributed by atoms with Crippen LogP contribution in [0.1, 0.15) is 23.0 Å². The average Bonchev–Trinajstić information content (AvgIpc) is 2.97. The number of aromatic nitrogens is 1. The summed E-state index contributed by atoms with van der Waals surface area (Å²) in [4.78, 5) is 23.7. The fraction of sp³-hybridized carbons (Fsp3) is 0.238. The molecule has 0 saturated carbocycles. The van der Waals surface area contributed by atoms with Gasteiger partial charge in [-0.15, -0.1) is 0 Å². The van der Waals surface area contributed by atoms with Crippen molar-refractivity contribution in [3.05, 3.63) is 53.7 Å². The molecule has 0 bridgehead atoms. The predicted molar refractivity (Wildman–Crippen MR) is 104 cm³/mol. The molecular formula is C21H22N2O4. The Morgan fingerprint density at radius 1 is 1.07 bits per heavy atom. The van der Waals surface area contributed by atoms with Gasteiger partial charge in [-0.25, -0.2) is 0 Å². The van der Waals surface area contributed by atoms with Gasteiger partial charge in [0, 0.05) is 29.4 Å². The zero-order chi connectivity index (χ0) is 19.6. The van der Waals surface area contributed by atoms with Crippen LogP contribution in [0.5, 0.6) is 11.5 Å². The number of carbonyl (C=O) groups is 2. The monoisotopic (exact) mass is 366 g/mol. The van der Waals surface area contributed by atoms with E-state index in [0.717, 1.165) is 28.0 Å². The number of likely N-dealkylation sites (N-methyl/N-ethyl adjacent to an activating group) is 1. The Hall–Kier alpha value is -3.28. The van der Waals surface area contributed by atoms with Gasteiger partial charge in [0.25, 0.3) is 5.91 Å². The van der Waals surface area contributed by atoms with Crippen LogP contribution in [0, 0.1) is 6.92 Å². The lowest BCUT2D eigenvalue weighted by Crippen LogP contribution is -2.24. The molecule has 3 rings (SSSR count). The van der Waals surface area contributed by atoms with Crippen LogP contribution in [0.25, 0.3) is 16.6 Å². The SMILES string of the molecule is CNC(=O)COc1ccc2c(c1)c(C(C)=O)c(C)n2-c1ccc(OC)cc1. The molecule has 2 aromatic carbocycles. The largest absolute Gasteiger partial charge is 0.497 e. The van der Waals surface area contributed by atoms with Crippen molar-refractivity contribution < 1.29 is 19.1 Å². The van der Waals surface area contributed by atoms with Gasteiger partial charge in [-0.1, -0.05) is 0 Å². The summed E-state index contributed by atoms with van der Waals surface area (Å²) in [5.41, 5.74) is 3.33. The van der Waals surface area contributed by atoms with Crippen molar-refractivity contribution in [1.82, 2.24) is 9.88 Å². The first-order chi connectivity index (χ1) is 13.0. The molecule has 0 radical (unpaired) electrons. The second kappa shape index (κ2) is 7.53. The van der Waals surface area contributed by atoms with Gasteiger partial charge >= 0.3 is 0 Å². The van der Waals surface area contributed by atoms with Gasteiger partial charge in [0.15, 0.2) is 12.4 Å². The zero-order valence-electron chi connectivity index (χ0n) is 15.8. The highest BCUT2D eigenvalue weighted by Crippen LogP contribution is 2.32. The number of ether oxygens (including phenoxy) is 2. The highest BCUT2D eigenvalue weighted by atomic mass is 16.5. The smallest absolute Gasteiger partial charge is 0.257 e. The van der Waals surface area contributed by atoms with Crippen LogP contribution in [0.4, 0.5) is 0 Å². The molecule has 0 atom stereocenters. The summed E-state index contributed by atoms with van der Waals surface area (Å²) < 4.78 is 12.8. The number of ketones is 1. The van der Waals surface area contributed by atoms with Crippen LogP contribution in [-0.4, -0.2) is 37.0 Å². The number of methoxy groups -OCH3 is 1. The minimum Gasteiger partial charge on any atom is -0.497 e. The van der Waals surface area contributed by atoms with E-state index in [1.54, 1.807) is 27.1 Å². The minimum absolute atomic E-state index is 0.0202. The molecule has 0 unspecified atom stereocenters. The van der Waals surface area contributed by atoms with Crippen molar-refractivity contribution >= 4 is 22.6 Å². The summed E-state index contributed by atoms with van der Waals surface area (Å²) in [5.74, 6) is 1.08. The van der Waals surface area contributed by atoms with E-state index in [1.165, 1.54) is 0 Å². The maximum Gasteiger partial charge on any atom is 0.257 e. The lowest BCUT2D eigenvalue weighted by Gasteiger charge is -2.10. The molecule has 0 aliphatic heterocycles. The van der Waals surface area contributed by atoms with Crippen LogP contribution < -0.4 is 14.8 Å². The maximum atomic E-state index is 12.3. The summed E-state index contributed by atoms with van der Waals surface area (Å²) in [6, 6.07) is 13.2. The fourth-order valence-electron chi connectivity index (χ4n) is 3.22. The number of carbonyl (C=O) groups excluding carboxylic acids is 2. The van der Waals surface area contributed by atoms with E-state index in [1.807, 2.05) is 47.9 Å². The van der Waals surface area contributed by atoms with Gasteiger partial charge in [0.1, 0.15) is 11.5 Å². The van der Waals surface area contributed by atoms with Crippen LogP contribution in [0.15, 0.2) is 42.5 Å². The standard InChI is InChI=1S/C21H22N2O4/c1-13-21(14(2)24)18-11-17(27-12-20(25)22-3)9-10-19(18)23(13)15-5-7-16(26-4)8-6-15/h5-11H,12H2,1-4H3,(H,22,25). The van der Waals surface area contributed by atoms with Crippen molar-refractivity contribution in [2.75, 3.05) is 20.8 Å². The van der Waals surface area contributed by atoms with E-state index in [9.17, 15) is 9.59 Å². The molecule has 6 heteroatoms. The second-order valence-electron chi connectivity index (χ2n) is 6.19. The first kappa shape index (κ1) is 18.5. The molecule has 0 fully saturated rings. The van der Waals surface area contributed by atoms with Crippen LogP contribution in [0.3, 0.4) is 0 Å². The van der Waals surface area contributed by atoms with Crippen molar-refractivity contribution in [2.45, 2.75) is 13.8 Å². The van der Waals surface area contributed by atoms with E-state index in [-0.39, 0.29) is 18.3 Å². The van der Waals surface area contributed by atoms with E-state index in [2.05, 4.69) is 5.32 Å². The molecule has 1 N–H and O–H groups in total. The van der Waals surface area contributed by atoms with Gasteiger partial charge in [0.05, 0.1) is 12.6 Å². The Kier molecular flexibility index (Phi) is 5.16. The Morgan fingerprint density at radius 3 is 2.33 bits per heavy atom. The zero-order valence-corrected chi connectivity index (χ0v) is 15.8. The molecule has 0 aliphatic rings. The number of hydrogen-bond donors (Lipinski definition) is 1. The van der Waals surface area contributed by atoms with Crippen molar-refractivity contribution in [3.8, 4) is 17.2 Å². The predicted octanol–water partition coefficient (Wildman–Crippen LogP) is 3.27. The minimum atomic E-state index is -0.214. The first-order valence-corrected chi connectivity index (χ1v) is 8.60. The van der Waals surface area contributed by atoms with E-state index in [0.29, 0.717) is 11.3 Å². The summed E-state index contributed by atoms with van der Waals surface area (Å²) in [6.45, 7) is 3.40. The number of benzene rings is 2. The molecule has 1 aromatic heterocycles. The number of fused-ring (bicyclic) bond motifs is 1. The molecule has 1 heterocycles. The normalized spacial score (nSPS) is 10.7. The summed E-state index contributed by atoms with van der Waals surface area (Å²) in [6.07, 6.45) is 0. The highest BCUT2D eigenvalue weighted by molar-refractivity contribution is 6.09. The molecule has 1 amide bonds. The van der Waals surface area contributed by atoms with E-state index >= 15 is 0 Å². The van der Waals surface area contributed by atoms with E-state index < -0.39 is 0 Å². The third-order valence-electron chi connectivity index (χ3n) is 4.51. The third-order valence-corrected chi connectivity index (χ3v) is 4.51. The van der Waals surface area contributed by atoms with Crippen LogP contribution >= 0.6 is 0 Å². The van der Waals surface area contributed by atoms with Crippen LogP contribution in [0.2, 0.25) is 0 Å². The number of nitrogens with zero attached hydrogens (tertiary/aromatic N) is 1. The van der Waals surface area contributed by atoms with Gasteiger partial charge < -0.3 is 19.4 Å².